The lowest BCUT2D eigenvalue weighted by molar-refractivity contribution is -0.142. The number of aromatic nitrogens is 3. The Hall–Kier alpha value is -3.94. The average Bonchev–Trinajstić information content (AvgIpc) is 3.32. The second kappa shape index (κ2) is 11.7. The van der Waals surface area contributed by atoms with Crippen molar-refractivity contribution in [2.45, 2.75) is 71.1 Å². The summed E-state index contributed by atoms with van der Waals surface area (Å²) >= 11 is 0. The molecule has 5 rings (SSSR count). The van der Waals surface area contributed by atoms with E-state index < -0.39 is 23.8 Å². The van der Waals surface area contributed by atoms with E-state index in [2.05, 4.69) is 42.5 Å². The number of aryl methyl sites for hydroxylation is 2. The van der Waals surface area contributed by atoms with Crippen molar-refractivity contribution in [3.63, 3.8) is 0 Å². The van der Waals surface area contributed by atoms with Crippen molar-refractivity contribution in [1.82, 2.24) is 20.1 Å². The smallest absolute Gasteiger partial charge is 0.346 e. The Morgan fingerprint density at radius 2 is 1.77 bits per heavy atom. The van der Waals surface area contributed by atoms with E-state index in [4.69, 9.17) is 4.98 Å². The van der Waals surface area contributed by atoms with Crippen molar-refractivity contribution in [2.75, 3.05) is 0 Å². The highest BCUT2D eigenvalue weighted by Crippen LogP contribution is 2.36. The van der Waals surface area contributed by atoms with Gasteiger partial charge in [-0.05, 0) is 73.8 Å². The summed E-state index contributed by atoms with van der Waals surface area (Å²) in [5.41, 5.74) is 5.90. The Morgan fingerprint density at radius 1 is 1.00 bits per heavy atom. The molecule has 2 aromatic carbocycles. The number of carbonyl (C=O) groups excluding carboxylic acids is 1. The third-order valence-electron chi connectivity index (χ3n) is 7.59. The molecule has 1 aliphatic rings. The average molecular weight is 547 g/mol. The molecule has 1 N–H and O–H groups in total. The van der Waals surface area contributed by atoms with Crippen LogP contribution in [-0.2, 0) is 43.2 Å². The molecule has 2 heterocycles. The molecule has 1 amide bonds. The number of nitrogens with one attached hydrogen (secondary N) is 1. The van der Waals surface area contributed by atoms with Crippen LogP contribution in [0.2, 0.25) is 0 Å². The van der Waals surface area contributed by atoms with Gasteiger partial charge in [0.15, 0.2) is 5.69 Å². The molecule has 1 atom stereocenters. The van der Waals surface area contributed by atoms with Crippen molar-refractivity contribution < 1.29 is 18.0 Å². The molecule has 208 valence electrons. The monoisotopic (exact) mass is 546 g/mol. The third kappa shape index (κ3) is 5.96. The van der Waals surface area contributed by atoms with Crippen LogP contribution in [0.15, 0.2) is 66.9 Å². The fraction of sp³-hybridized carbons (Fsp3) is 0.344. The number of hydrogen-bond donors (Lipinski definition) is 1. The molecular formula is C32H33F3N4O. The lowest BCUT2D eigenvalue weighted by Gasteiger charge is -2.23. The topological polar surface area (TPSA) is 59.8 Å². The van der Waals surface area contributed by atoms with Gasteiger partial charge in [0.2, 0.25) is 5.91 Å². The van der Waals surface area contributed by atoms with Gasteiger partial charge >= 0.3 is 6.18 Å². The summed E-state index contributed by atoms with van der Waals surface area (Å²) in [5, 5.41) is 6.97. The number of carbonyl (C=O) groups is 1. The summed E-state index contributed by atoms with van der Waals surface area (Å²) in [6, 6.07) is 19.5. The zero-order valence-electron chi connectivity index (χ0n) is 22.8. The number of hydrogen-bond acceptors (Lipinski definition) is 3. The highest BCUT2D eigenvalue weighted by molar-refractivity contribution is 5.77. The number of amides is 1. The van der Waals surface area contributed by atoms with Crippen LogP contribution in [0.25, 0.3) is 11.1 Å². The number of rotatable bonds is 8. The zero-order chi connectivity index (χ0) is 28.3. The number of nitrogens with zero attached hydrogens (tertiary/aromatic N) is 3. The fourth-order valence-corrected chi connectivity index (χ4v) is 5.64. The first-order valence-electron chi connectivity index (χ1n) is 13.8. The lowest BCUT2D eigenvalue weighted by Crippen LogP contribution is -2.34. The van der Waals surface area contributed by atoms with Crippen LogP contribution < -0.4 is 5.32 Å². The number of alkyl halides is 3. The van der Waals surface area contributed by atoms with E-state index in [1.807, 2.05) is 42.5 Å². The molecule has 40 heavy (non-hydrogen) atoms. The summed E-state index contributed by atoms with van der Waals surface area (Å²) in [4.78, 5) is 18.2. The van der Waals surface area contributed by atoms with Crippen LogP contribution in [0.1, 0.15) is 65.1 Å². The van der Waals surface area contributed by atoms with E-state index in [1.54, 1.807) is 6.20 Å². The summed E-state index contributed by atoms with van der Waals surface area (Å²) in [7, 11) is 0. The summed E-state index contributed by atoms with van der Waals surface area (Å²) < 4.78 is 42.4. The van der Waals surface area contributed by atoms with Crippen LogP contribution >= 0.6 is 0 Å². The lowest BCUT2D eigenvalue weighted by atomic mass is 9.92. The second-order valence-corrected chi connectivity index (χ2v) is 10.4. The highest BCUT2D eigenvalue weighted by Gasteiger charge is 2.39. The van der Waals surface area contributed by atoms with Crippen LogP contribution in [0.3, 0.4) is 0 Å². The van der Waals surface area contributed by atoms with Gasteiger partial charge in [-0.15, -0.1) is 0 Å². The van der Waals surface area contributed by atoms with Crippen LogP contribution in [0.5, 0.6) is 0 Å². The molecule has 4 aromatic rings. The van der Waals surface area contributed by atoms with Crippen molar-refractivity contribution in [1.29, 1.82) is 0 Å². The van der Waals surface area contributed by atoms with Gasteiger partial charge in [-0.25, -0.2) is 0 Å². The van der Waals surface area contributed by atoms with Gasteiger partial charge < -0.3 is 5.32 Å². The molecule has 0 spiro atoms. The largest absolute Gasteiger partial charge is 0.435 e. The molecule has 0 bridgehead atoms. The maximum Gasteiger partial charge on any atom is 0.435 e. The van der Waals surface area contributed by atoms with Crippen LogP contribution in [0, 0.1) is 6.92 Å². The van der Waals surface area contributed by atoms with E-state index in [0.717, 1.165) is 35.1 Å². The minimum atomic E-state index is -4.55. The minimum Gasteiger partial charge on any atom is -0.346 e. The molecule has 0 saturated heterocycles. The van der Waals surface area contributed by atoms with Crippen LogP contribution in [0.4, 0.5) is 13.2 Å². The molecule has 5 nitrogen and oxygen atoms in total. The SMILES string of the molecule is CCc1ccc(-c2cccnc2[C@H](Cc2ccccc2)NC(=O)Cn2nc(C(F)(F)F)c3c2CCCC3)c(C)c1. The Kier molecular flexibility index (Phi) is 8.05. The van der Waals surface area contributed by atoms with Gasteiger partial charge in [0.05, 0.1) is 11.7 Å². The standard InChI is InChI=1S/C32H33F3N4O/c1-3-22-15-16-24(21(2)18-22)25-13-9-17-36-30(25)27(19-23-10-5-4-6-11-23)37-29(40)20-39-28-14-8-7-12-26(28)31(38-39)32(33,34)35/h4-6,9-11,13,15-18,27H,3,7-8,12,14,19-20H2,1-2H3,(H,37,40)/t27-/m0/s1. The first-order chi connectivity index (χ1) is 19.2. The first kappa shape index (κ1) is 27.6. The van der Waals surface area contributed by atoms with Crippen molar-refractivity contribution >= 4 is 5.91 Å². The minimum absolute atomic E-state index is 0.227. The molecule has 8 heteroatoms. The van der Waals surface area contributed by atoms with E-state index in [1.165, 1.54) is 10.2 Å². The number of fused-ring (bicyclic) bond motifs is 1. The molecule has 0 fully saturated rings. The highest BCUT2D eigenvalue weighted by atomic mass is 19.4. The Labute approximate surface area is 232 Å². The van der Waals surface area contributed by atoms with Gasteiger partial charge in [-0.1, -0.05) is 61.5 Å². The molecule has 0 unspecified atom stereocenters. The Balaban J connectivity index is 1.48. The molecule has 0 radical (unpaired) electrons. The van der Waals surface area contributed by atoms with Crippen LogP contribution in [-0.4, -0.2) is 20.7 Å². The molecular weight excluding hydrogens is 513 g/mol. The van der Waals surface area contributed by atoms with Crippen molar-refractivity contribution in [3.05, 3.63) is 106 Å². The Morgan fingerprint density at radius 3 is 2.50 bits per heavy atom. The van der Waals surface area contributed by atoms with E-state index >= 15 is 0 Å². The predicted octanol–water partition coefficient (Wildman–Crippen LogP) is 6.81. The van der Waals surface area contributed by atoms with Gasteiger partial charge in [0.1, 0.15) is 6.54 Å². The fourth-order valence-electron chi connectivity index (χ4n) is 5.64. The second-order valence-electron chi connectivity index (χ2n) is 10.4. The predicted molar refractivity (Wildman–Crippen MR) is 149 cm³/mol. The molecule has 1 aliphatic carbocycles. The van der Waals surface area contributed by atoms with Gasteiger partial charge in [-0.2, -0.15) is 18.3 Å². The van der Waals surface area contributed by atoms with Crippen molar-refractivity contribution in [3.8, 4) is 11.1 Å². The van der Waals surface area contributed by atoms with E-state index in [9.17, 15) is 18.0 Å². The van der Waals surface area contributed by atoms with E-state index in [0.29, 0.717) is 37.1 Å². The van der Waals surface area contributed by atoms with Crippen molar-refractivity contribution in [2.24, 2.45) is 0 Å². The maximum absolute atomic E-state index is 13.7. The maximum atomic E-state index is 13.7. The number of pyridine rings is 1. The van der Waals surface area contributed by atoms with Gasteiger partial charge in [-0.3, -0.25) is 14.5 Å². The molecule has 0 aliphatic heterocycles. The first-order valence-corrected chi connectivity index (χ1v) is 13.8. The quantitative estimate of drug-likeness (QED) is 0.264. The Bertz CT molecular complexity index is 1490. The molecule has 2 aromatic heterocycles. The summed E-state index contributed by atoms with van der Waals surface area (Å²) in [5.74, 6) is -0.403. The third-order valence-corrected chi connectivity index (χ3v) is 7.59. The van der Waals surface area contributed by atoms with Gasteiger partial charge in [0, 0.05) is 23.0 Å². The number of benzene rings is 2. The summed E-state index contributed by atoms with van der Waals surface area (Å²) in [6.07, 6.45) is 0.849. The van der Waals surface area contributed by atoms with Gasteiger partial charge in [0.25, 0.3) is 0 Å². The molecule has 0 saturated carbocycles. The normalized spacial score (nSPS) is 14.0. The van der Waals surface area contributed by atoms with E-state index in [-0.39, 0.29) is 12.1 Å². The summed E-state index contributed by atoms with van der Waals surface area (Å²) in [6.45, 7) is 3.90. The zero-order valence-corrected chi connectivity index (χ0v) is 22.8. The number of halogens is 3.